The molecule has 2 atom stereocenters. The summed E-state index contributed by atoms with van der Waals surface area (Å²) >= 11 is 0. The first kappa shape index (κ1) is 34.3. The van der Waals surface area contributed by atoms with Crippen molar-refractivity contribution in [2.24, 2.45) is 0 Å². The van der Waals surface area contributed by atoms with E-state index in [1.807, 2.05) is 0 Å². The van der Waals surface area contributed by atoms with Gasteiger partial charge in [0.15, 0.2) is 6.61 Å². The van der Waals surface area contributed by atoms with E-state index < -0.39 is 97.5 Å². The molecule has 0 aliphatic carbocycles. The molecular weight excluding hydrogens is 613 g/mol. The van der Waals surface area contributed by atoms with E-state index in [0.717, 1.165) is 29.6 Å². The number of nitrogens with zero attached hydrogens (tertiary/aromatic N) is 2. The molecule has 10 nitrogen and oxygen atoms in total. The Labute approximate surface area is 227 Å². The fourth-order valence-electron chi connectivity index (χ4n) is 3.30. The van der Waals surface area contributed by atoms with Gasteiger partial charge in [0.05, 0.1) is 24.5 Å². The Bertz CT molecular complexity index is 1200. The summed E-state index contributed by atoms with van der Waals surface area (Å²) in [6, 6.07) is 1.60. The molecule has 1 aromatic carbocycles. The second kappa shape index (κ2) is 11.8. The molecule has 1 aliphatic rings. The predicted octanol–water partition coefficient (Wildman–Crippen LogP) is 2.65. The number of halogens is 11. The lowest BCUT2D eigenvalue weighted by atomic mass is 10.0. The van der Waals surface area contributed by atoms with Gasteiger partial charge in [0.25, 0.3) is 17.7 Å². The highest BCUT2D eigenvalue weighted by atomic mass is 19.4. The van der Waals surface area contributed by atoms with Crippen molar-refractivity contribution in [3.63, 3.8) is 0 Å². The van der Waals surface area contributed by atoms with E-state index >= 15 is 0 Å². The van der Waals surface area contributed by atoms with Crippen LogP contribution in [0.5, 0.6) is 0 Å². The van der Waals surface area contributed by atoms with Crippen molar-refractivity contribution < 1.29 is 77.3 Å². The average Bonchev–Trinajstić information content (AvgIpc) is 2.94. The number of benzene rings is 1. The number of rotatable bonds is 7. The quantitative estimate of drug-likeness (QED) is 0.314. The van der Waals surface area contributed by atoms with Crippen LogP contribution in [0, 0.1) is 0 Å². The zero-order valence-corrected chi connectivity index (χ0v) is 20.8. The van der Waals surface area contributed by atoms with E-state index in [0.29, 0.717) is 0 Å². The standard InChI is InChI=1S/C21H19F11N4O6/c1-17(41,14(38)33-7-18(22,23)21(30,31)32)15(39)34-10-6-35(16(40)42-9-20(27,28)29)11-4-2-3-5-12(11)36(13(10)37)8-19(24,25)26/h2-5,10,41H,6-9H2,1H3,(H,33,38)(H,34,39)/t10-,17-/m0/s1. The van der Waals surface area contributed by atoms with E-state index in [2.05, 4.69) is 4.74 Å². The van der Waals surface area contributed by atoms with Gasteiger partial charge < -0.3 is 20.5 Å². The smallest absolute Gasteiger partial charge is 0.439 e. The van der Waals surface area contributed by atoms with Crippen LogP contribution in [0.2, 0.25) is 0 Å². The second-order valence-corrected chi connectivity index (χ2v) is 8.79. The molecule has 0 radical (unpaired) electrons. The molecule has 0 spiro atoms. The van der Waals surface area contributed by atoms with Gasteiger partial charge in [0.2, 0.25) is 5.60 Å². The number of carbonyl (C=O) groups is 4. The summed E-state index contributed by atoms with van der Waals surface area (Å²) in [5, 5.41) is 12.8. The van der Waals surface area contributed by atoms with Gasteiger partial charge in [-0.2, -0.15) is 48.3 Å². The van der Waals surface area contributed by atoms with Crippen LogP contribution in [0.4, 0.5) is 64.5 Å². The number of amides is 4. The predicted molar refractivity (Wildman–Crippen MR) is 116 cm³/mol. The molecule has 21 heteroatoms. The summed E-state index contributed by atoms with van der Waals surface area (Å²) in [5.41, 5.74) is -4.84. The van der Waals surface area contributed by atoms with Crippen LogP contribution in [-0.2, 0) is 19.1 Å². The molecule has 0 saturated heterocycles. The highest BCUT2D eigenvalue weighted by Gasteiger charge is 2.58. The normalized spacial score (nSPS) is 18.0. The molecule has 4 amide bonds. The van der Waals surface area contributed by atoms with Crippen LogP contribution in [0.25, 0.3) is 0 Å². The fourth-order valence-corrected chi connectivity index (χ4v) is 3.30. The molecule has 1 heterocycles. The maximum Gasteiger partial charge on any atom is 0.455 e. The van der Waals surface area contributed by atoms with Gasteiger partial charge in [0, 0.05) is 0 Å². The summed E-state index contributed by atoms with van der Waals surface area (Å²) in [6.45, 7) is -7.70. The minimum atomic E-state index is -6.15. The number of anilines is 2. The monoisotopic (exact) mass is 632 g/mol. The Kier molecular flexibility index (Phi) is 9.60. The van der Waals surface area contributed by atoms with Crippen molar-refractivity contribution in [2.45, 2.75) is 43.0 Å². The number of aliphatic hydroxyl groups is 1. The number of hydrogen-bond acceptors (Lipinski definition) is 6. The van der Waals surface area contributed by atoms with Crippen molar-refractivity contribution in [1.29, 1.82) is 0 Å². The van der Waals surface area contributed by atoms with Gasteiger partial charge in [0.1, 0.15) is 12.6 Å². The first-order valence-corrected chi connectivity index (χ1v) is 11.1. The lowest BCUT2D eigenvalue weighted by Gasteiger charge is -2.29. The van der Waals surface area contributed by atoms with Crippen molar-refractivity contribution in [2.75, 3.05) is 36.0 Å². The molecule has 236 valence electrons. The fraction of sp³-hybridized carbons (Fsp3) is 0.524. The first-order chi connectivity index (χ1) is 18.9. The van der Waals surface area contributed by atoms with E-state index in [9.17, 15) is 72.6 Å². The topological polar surface area (TPSA) is 128 Å². The van der Waals surface area contributed by atoms with Gasteiger partial charge in [-0.1, -0.05) is 12.1 Å². The lowest BCUT2D eigenvalue weighted by molar-refractivity contribution is -0.278. The molecule has 3 N–H and O–H groups in total. The molecule has 0 aromatic heterocycles. The maximum atomic E-state index is 13.4. The SMILES string of the molecule is C[C@](O)(C(=O)NCC(F)(F)C(F)(F)F)C(=O)N[C@H]1CN(C(=O)OCC(F)(F)F)c2ccccc2N(CC(F)(F)F)C1=O. The summed E-state index contributed by atoms with van der Waals surface area (Å²) in [4.78, 5) is 50.6. The van der Waals surface area contributed by atoms with Crippen molar-refractivity contribution in [3.8, 4) is 0 Å². The average molecular weight is 632 g/mol. The van der Waals surface area contributed by atoms with Crippen molar-refractivity contribution in [1.82, 2.24) is 10.6 Å². The summed E-state index contributed by atoms with van der Waals surface area (Å²) in [5.74, 6) is -11.4. The number of alkyl halides is 11. The molecule has 0 fully saturated rings. The molecule has 0 unspecified atom stereocenters. The van der Waals surface area contributed by atoms with E-state index in [-0.39, 0.29) is 16.7 Å². The number of fused-ring (bicyclic) bond motifs is 1. The summed E-state index contributed by atoms with van der Waals surface area (Å²) < 4.78 is 145. The van der Waals surface area contributed by atoms with Crippen LogP contribution in [0.1, 0.15) is 6.92 Å². The Balaban J connectivity index is 2.43. The van der Waals surface area contributed by atoms with Gasteiger partial charge in [-0.15, -0.1) is 0 Å². The van der Waals surface area contributed by atoms with Gasteiger partial charge in [-0.05, 0) is 19.1 Å². The van der Waals surface area contributed by atoms with E-state index in [4.69, 9.17) is 0 Å². The molecule has 1 aliphatic heterocycles. The Morgan fingerprint density at radius 1 is 0.929 bits per heavy atom. The third-order valence-electron chi connectivity index (χ3n) is 5.38. The third-order valence-corrected chi connectivity index (χ3v) is 5.38. The van der Waals surface area contributed by atoms with Crippen molar-refractivity contribution >= 4 is 35.2 Å². The Morgan fingerprint density at radius 2 is 1.48 bits per heavy atom. The molecular formula is C21H19F11N4O6. The minimum absolute atomic E-state index is 0.0318. The largest absolute Gasteiger partial charge is 0.455 e. The van der Waals surface area contributed by atoms with E-state index in [1.54, 1.807) is 5.32 Å². The van der Waals surface area contributed by atoms with Crippen LogP contribution in [0.15, 0.2) is 24.3 Å². The molecule has 0 bridgehead atoms. The van der Waals surface area contributed by atoms with Gasteiger partial charge in [-0.3, -0.25) is 24.2 Å². The lowest BCUT2D eigenvalue weighted by Crippen LogP contribution is -2.62. The number of carbonyl (C=O) groups excluding carboxylic acids is 4. The number of nitrogens with one attached hydrogen (secondary N) is 2. The summed E-state index contributed by atoms with van der Waals surface area (Å²) in [7, 11) is 0. The van der Waals surface area contributed by atoms with Gasteiger partial charge in [-0.25, -0.2) is 4.79 Å². The first-order valence-electron chi connectivity index (χ1n) is 11.1. The van der Waals surface area contributed by atoms with Crippen LogP contribution in [-0.4, -0.2) is 91.3 Å². The van der Waals surface area contributed by atoms with Gasteiger partial charge >= 0.3 is 30.5 Å². The minimum Gasteiger partial charge on any atom is -0.439 e. The highest BCUT2D eigenvalue weighted by Crippen LogP contribution is 2.36. The third kappa shape index (κ3) is 8.32. The zero-order valence-electron chi connectivity index (χ0n) is 20.8. The second-order valence-electron chi connectivity index (χ2n) is 8.79. The molecule has 1 aromatic rings. The molecule has 0 saturated carbocycles. The summed E-state index contributed by atoms with van der Waals surface area (Å²) in [6.07, 6.45) is -18.2. The molecule has 2 rings (SSSR count). The number of ether oxygens (including phenoxy) is 1. The Morgan fingerprint density at radius 3 is 1.98 bits per heavy atom. The zero-order chi connectivity index (χ0) is 32.5. The van der Waals surface area contributed by atoms with Crippen LogP contribution in [0.3, 0.4) is 0 Å². The van der Waals surface area contributed by atoms with E-state index in [1.165, 1.54) is 0 Å². The Hall–Kier alpha value is -3.91. The maximum absolute atomic E-state index is 13.4. The molecule has 42 heavy (non-hydrogen) atoms. The van der Waals surface area contributed by atoms with Crippen molar-refractivity contribution in [3.05, 3.63) is 24.3 Å². The highest BCUT2D eigenvalue weighted by molar-refractivity contribution is 6.11. The van der Waals surface area contributed by atoms with Crippen LogP contribution >= 0.6 is 0 Å². The van der Waals surface area contributed by atoms with Crippen LogP contribution < -0.4 is 20.4 Å². The number of hydrogen-bond donors (Lipinski definition) is 3. The number of para-hydroxylation sites is 2.